The van der Waals surface area contributed by atoms with Gasteiger partial charge in [-0.3, -0.25) is 9.48 Å². The lowest BCUT2D eigenvalue weighted by Gasteiger charge is -2.33. The summed E-state index contributed by atoms with van der Waals surface area (Å²) in [5.74, 6) is 0.544. The molecule has 1 amide bonds. The molecule has 4 heterocycles. The molecule has 7 nitrogen and oxygen atoms in total. The average molecular weight is 352 g/mol. The first-order valence-corrected chi connectivity index (χ1v) is 9.09. The Kier molecular flexibility index (Phi) is 4.22. The number of piperidine rings is 1. The fourth-order valence-corrected chi connectivity index (χ4v) is 4.00. The van der Waals surface area contributed by atoms with Crippen molar-refractivity contribution in [2.45, 2.75) is 33.2 Å². The molecule has 1 aliphatic rings. The Bertz CT molecular complexity index is 943. The van der Waals surface area contributed by atoms with Crippen LogP contribution in [0.3, 0.4) is 0 Å². The second-order valence-corrected chi connectivity index (χ2v) is 7.24. The molecule has 0 bridgehead atoms. The highest BCUT2D eigenvalue weighted by Gasteiger charge is 2.27. The lowest BCUT2D eigenvalue weighted by atomic mass is 9.96. The van der Waals surface area contributed by atoms with E-state index >= 15 is 0 Å². The van der Waals surface area contributed by atoms with Crippen LogP contribution in [0.2, 0.25) is 0 Å². The third-order valence-corrected chi connectivity index (χ3v) is 5.16. The Morgan fingerprint density at radius 2 is 2.19 bits per heavy atom. The molecule has 0 aromatic carbocycles. The van der Waals surface area contributed by atoms with Crippen LogP contribution >= 0.6 is 0 Å². The Morgan fingerprint density at radius 1 is 1.35 bits per heavy atom. The van der Waals surface area contributed by atoms with E-state index in [4.69, 9.17) is 0 Å². The first kappa shape index (κ1) is 16.8. The molecule has 0 spiro atoms. The van der Waals surface area contributed by atoms with Crippen LogP contribution in [0.15, 0.2) is 24.8 Å². The standard InChI is InChI=1S/C19H24N6O/c1-13-9-16(17-14(2)22-23(3)18(17)21-13)19(26)25-7-4-5-15(11-25)10-24-8-6-20-12-24/h6,8-9,12,15H,4-5,7,10-11H2,1-3H3/t15-/m1/s1. The molecular weight excluding hydrogens is 328 g/mol. The van der Waals surface area contributed by atoms with Gasteiger partial charge in [0.1, 0.15) is 0 Å². The molecule has 7 heteroatoms. The first-order chi connectivity index (χ1) is 12.5. The molecule has 3 aromatic heterocycles. The minimum Gasteiger partial charge on any atom is -0.338 e. The van der Waals surface area contributed by atoms with Gasteiger partial charge in [-0.05, 0) is 38.7 Å². The monoisotopic (exact) mass is 352 g/mol. The van der Waals surface area contributed by atoms with Crippen molar-refractivity contribution in [1.29, 1.82) is 0 Å². The predicted molar refractivity (Wildman–Crippen MR) is 98.8 cm³/mol. The van der Waals surface area contributed by atoms with Crippen molar-refractivity contribution in [3.63, 3.8) is 0 Å². The second-order valence-electron chi connectivity index (χ2n) is 7.24. The zero-order valence-corrected chi connectivity index (χ0v) is 15.5. The van der Waals surface area contributed by atoms with E-state index in [1.165, 1.54) is 0 Å². The number of fused-ring (bicyclic) bond motifs is 1. The number of rotatable bonds is 3. The van der Waals surface area contributed by atoms with Crippen LogP contribution in [-0.4, -0.2) is 48.2 Å². The molecule has 1 saturated heterocycles. The van der Waals surface area contributed by atoms with Crippen LogP contribution in [0.1, 0.15) is 34.6 Å². The first-order valence-electron chi connectivity index (χ1n) is 9.09. The molecule has 0 unspecified atom stereocenters. The van der Waals surface area contributed by atoms with E-state index in [0.717, 1.165) is 60.5 Å². The quantitative estimate of drug-likeness (QED) is 0.725. The predicted octanol–water partition coefficient (Wildman–Crippen LogP) is 2.33. The van der Waals surface area contributed by atoms with Gasteiger partial charge in [-0.15, -0.1) is 0 Å². The van der Waals surface area contributed by atoms with Crippen LogP contribution in [-0.2, 0) is 13.6 Å². The van der Waals surface area contributed by atoms with E-state index in [0.29, 0.717) is 5.92 Å². The summed E-state index contributed by atoms with van der Waals surface area (Å²) < 4.78 is 3.85. The maximum Gasteiger partial charge on any atom is 0.254 e. The molecule has 26 heavy (non-hydrogen) atoms. The fraction of sp³-hybridized carbons (Fsp3) is 0.474. The van der Waals surface area contributed by atoms with E-state index in [1.807, 2.05) is 44.4 Å². The summed E-state index contributed by atoms with van der Waals surface area (Å²) in [4.78, 5) is 24.0. The summed E-state index contributed by atoms with van der Waals surface area (Å²) in [7, 11) is 1.87. The smallest absolute Gasteiger partial charge is 0.254 e. The summed E-state index contributed by atoms with van der Waals surface area (Å²) in [6, 6.07) is 1.90. The minimum absolute atomic E-state index is 0.0898. The molecule has 3 aromatic rings. The zero-order chi connectivity index (χ0) is 18.3. The van der Waals surface area contributed by atoms with E-state index in [9.17, 15) is 4.79 Å². The molecule has 1 fully saturated rings. The van der Waals surface area contributed by atoms with E-state index < -0.39 is 0 Å². The average Bonchev–Trinajstić information content (AvgIpc) is 3.22. The Balaban J connectivity index is 1.62. The van der Waals surface area contributed by atoms with Gasteiger partial charge < -0.3 is 9.47 Å². The molecular formula is C19H24N6O. The summed E-state index contributed by atoms with van der Waals surface area (Å²) in [5.41, 5.74) is 3.19. The molecule has 0 saturated carbocycles. The lowest BCUT2D eigenvalue weighted by molar-refractivity contribution is 0.0664. The summed E-state index contributed by atoms with van der Waals surface area (Å²) in [5, 5.41) is 5.33. The number of carbonyl (C=O) groups is 1. The number of amides is 1. The van der Waals surface area contributed by atoms with Gasteiger partial charge in [-0.2, -0.15) is 5.10 Å². The van der Waals surface area contributed by atoms with Gasteiger partial charge in [0.05, 0.1) is 23.0 Å². The van der Waals surface area contributed by atoms with Crippen LogP contribution in [0.4, 0.5) is 0 Å². The highest BCUT2D eigenvalue weighted by atomic mass is 16.2. The van der Waals surface area contributed by atoms with Gasteiger partial charge in [-0.25, -0.2) is 9.97 Å². The van der Waals surface area contributed by atoms with E-state index in [2.05, 4.69) is 19.6 Å². The SMILES string of the molecule is Cc1cc(C(=O)N2CCC[C@H](Cn3ccnc3)C2)c2c(C)nn(C)c2n1. The van der Waals surface area contributed by atoms with Crippen molar-refractivity contribution in [2.24, 2.45) is 13.0 Å². The highest BCUT2D eigenvalue weighted by Crippen LogP contribution is 2.26. The summed E-state index contributed by atoms with van der Waals surface area (Å²) in [6.07, 6.45) is 7.79. The molecule has 136 valence electrons. The number of nitrogens with zero attached hydrogens (tertiary/aromatic N) is 6. The minimum atomic E-state index is 0.0898. The summed E-state index contributed by atoms with van der Waals surface area (Å²) in [6.45, 7) is 6.35. The number of aromatic nitrogens is 5. The third-order valence-electron chi connectivity index (χ3n) is 5.16. The van der Waals surface area contributed by atoms with Crippen molar-refractivity contribution in [3.05, 3.63) is 41.7 Å². The maximum atomic E-state index is 13.3. The van der Waals surface area contributed by atoms with Gasteiger partial charge in [0, 0.05) is 44.8 Å². The molecule has 1 atom stereocenters. The van der Waals surface area contributed by atoms with Gasteiger partial charge in [-0.1, -0.05) is 0 Å². The maximum absolute atomic E-state index is 13.3. The van der Waals surface area contributed by atoms with Crippen LogP contribution in [0.25, 0.3) is 11.0 Å². The number of aryl methyl sites for hydroxylation is 3. The molecule has 0 N–H and O–H groups in total. The number of pyridine rings is 1. The van der Waals surface area contributed by atoms with Gasteiger partial charge in [0.2, 0.25) is 0 Å². The number of imidazole rings is 1. The Hall–Kier alpha value is -2.70. The van der Waals surface area contributed by atoms with E-state index in [1.54, 1.807) is 10.9 Å². The number of hydrogen-bond donors (Lipinski definition) is 0. The van der Waals surface area contributed by atoms with Crippen molar-refractivity contribution < 1.29 is 4.79 Å². The van der Waals surface area contributed by atoms with Gasteiger partial charge in [0.25, 0.3) is 5.91 Å². The molecule has 4 rings (SSSR count). The Morgan fingerprint density at radius 3 is 2.96 bits per heavy atom. The van der Waals surface area contributed by atoms with E-state index in [-0.39, 0.29) is 5.91 Å². The number of carbonyl (C=O) groups excluding carboxylic acids is 1. The van der Waals surface area contributed by atoms with Crippen LogP contribution in [0, 0.1) is 19.8 Å². The van der Waals surface area contributed by atoms with Gasteiger partial charge in [0.15, 0.2) is 5.65 Å². The number of hydrogen-bond acceptors (Lipinski definition) is 4. The molecule has 0 radical (unpaired) electrons. The fourth-order valence-electron chi connectivity index (χ4n) is 4.00. The largest absolute Gasteiger partial charge is 0.338 e. The zero-order valence-electron chi connectivity index (χ0n) is 15.5. The normalized spacial score (nSPS) is 17.8. The lowest BCUT2D eigenvalue weighted by Crippen LogP contribution is -2.41. The topological polar surface area (TPSA) is 68.8 Å². The summed E-state index contributed by atoms with van der Waals surface area (Å²) >= 11 is 0. The highest BCUT2D eigenvalue weighted by molar-refractivity contribution is 6.06. The third kappa shape index (κ3) is 2.98. The second kappa shape index (κ2) is 6.55. The number of likely N-dealkylation sites (tertiary alicyclic amines) is 1. The van der Waals surface area contributed by atoms with Crippen molar-refractivity contribution in [2.75, 3.05) is 13.1 Å². The Labute approximate surface area is 152 Å². The van der Waals surface area contributed by atoms with Crippen molar-refractivity contribution >= 4 is 16.9 Å². The van der Waals surface area contributed by atoms with Crippen LogP contribution < -0.4 is 0 Å². The van der Waals surface area contributed by atoms with Crippen molar-refractivity contribution in [3.8, 4) is 0 Å². The van der Waals surface area contributed by atoms with Crippen LogP contribution in [0.5, 0.6) is 0 Å². The van der Waals surface area contributed by atoms with Gasteiger partial charge >= 0.3 is 0 Å². The molecule has 1 aliphatic heterocycles. The van der Waals surface area contributed by atoms with Crippen molar-refractivity contribution in [1.82, 2.24) is 29.2 Å². The molecule has 0 aliphatic carbocycles.